The van der Waals surface area contributed by atoms with Crippen molar-refractivity contribution in [2.75, 3.05) is 11.9 Å². The second-order valence-corrected chi connectivity index (χ2v) is 8.88. The van der Waals surface area contributed by atoms with Crippen molar-refractivity contribution in [2.45, 2.75) is 52.0 Å². The molecule has 0 radical (unpaired) electrons. The number of anilines is 1. The Bertz CT molecular complexity index is 995. The minimum Gasteiger partial charge on any atom is -0.494 e. The molecule has 1 N–H and O–H groups in total. The van der Waals surface area contributed by atoms with E-state index in [1.165, 1.54) is 24.2 Å². The van der Waals surface area contributed by atoms with E-state index in [9.17, 15) is 4.79 Å². The van der Waals surface area contributed by atoms with Crippen molar-refractivity contribution in [3.05, 3.63) is 35.7 Å². The van der Waals surface area contributed by atoms with E-state index in [1.807, 2.05) is 35.9 Å². The van der Waals surface area contributed by atoms with Gasteiger partial charge in [-0.1, -0.05) is 11.3 Å². The van der Waals surface area contributed by atoms with E-state index in [0.717, 1.165) is 21.7 Å². The molecule has 1 aliphatic carbocycles. The van der Waals surface area contributed by atoms with Gasteiger partial charge in [-0.2, -0.15) is 5.10 Å². The Kier molecular flexibility index (Phi) is 4.42. The summed E-state index contributed by atoms with van der Waals surface area (Å²) in [5, 5.41) is 8.07. The number of amides is 1. The van der Waals surface area contributed by atoms with Crippen LogP contribution >= 0.6 is 11.3 Å². The molecule has 1 fully saturated rings. The molecule has 1 aromatic carbocycles. The first kappa shape index (κ1) is 18.0. The van der Waals surface area contributed by atoms with Crippen molar-refractivity contribution in [1.82, 2.24) is 14.8 Å². The predicted molar refractivity (Wildman–Crippen MR) is 108 cm³/mol. The fourth-order valence-electron chi connectivity index (χ4n) is 3.09. The highest BCUT2D eigenvalue weighted by atomic mass is 32.1. The topological polar surface area (TPSA) is 69.0 Å². The molecule has 1 saturated carbocycles. The molecule has 27 heavy (non-hydrogen) atoms. The van der Waals surface area contributed by atoms with Gasteiger partial charge in [0.2, 0.25) is 0 Å². The van der Waals surface area contributed by atoms with Gasteiger partial charge in [-0.05, 0) is 64.8 Å². The van der Waals surface area contributed by atoms with Crippen molar-refractivity contribution < 1.29 is 9.53 Å². The quantitative estimate of drug-likeness (QED) is 0.687. The average Bonchev–Trinajstić information content (AvgIpc) is 3.20. The first-order valence-corrected chi connectivity index (χ1v) is 10.1. The number of ether oxygens (including phenoxy) is 1. The predicted octanol–water partition coefficient (Wildman–Crippen LogP) is 4.78. The van der Waals surface area contributed by atoms with Crippen LogP contribution in [0, 0.1) is 0 Å². The van der Waals surface area contributed by atoms with E-state index >= 15 is 0 Å². The van der Waals surface area contributed by atoms with E-state index in [1.54, 1.807) is 0 Å². The number of nitrogens with zero attached hydrogens (tertiary/aromatic N) is 3. The van der Waals surface area contributed by atoms with Crippen LogP contribution in [0.4, 0.5) is 5.13 Å². The molecule has 1 aliphatic rings. The fraction of sp³-hybridized carbons (Fsp3) is 0.450. The Morgan fingerprint density at radius 3 is 2.78 bits per heavy atom. The number of fused-ring (bicyclic) bond motifs is 1. The molecule has 0 spiro atoms. The normalized spacial score (nSPS) is 14.5. The summed E-state index contributed by atoms with van der Waals surface area (Å²) in [5.41, 5.74) is 2.29. The van der Waals surface area contributed by atoms with E-state index in [-0.39, 0.29) is 11.4 Å². The summed E-state index contributed by atoms with van der Waals surface area (Å²) in [4.78, 5) is 17.3. The molecule has 2 aromatic heterocycles. The van der Waals surface area contributed by atoms with Crippen LogP contribution in [-0.2, 0) is 5.54 Å². The largest absolute Gasteiger partial charge is 0.494 e. The highest BCUT2D eigenvalue weighted by molar-refractivity contribution is 7.22. The number of nitrogens with one attached hydrogen (secondary N) is 1. The number of rotatable bonds is 5. The van der Waals surface area contributed by atoms with Crippen LogP contribution in [0.3, 0.4) is 0 Å². The second kappa shape index (κ2) is 6.64. The van der Waals surface area contributed by atoms with Gasteiger partial charge in [0.25, 0.3) is 5.91 Å². The van der Waals surface area contributed by atoms with Crippen molar-refractivity contribution in [1.29, 1.82) is 0 Å². The standard InChI is InChI=1S/C20H24N4O2S/c1-5-26-13-8-9-14-17(10-13)27-19(21-14)22-18(25)15-11-16(12-6-7-12)24(23-15)20(2,3)4/h8-12H,5-7H2,1-4H3,(H,21,22,25). The van der Waals surface area contributed by atoms with Gasteiger partial charge in [0.05, 0.1) is 22.4 Å². The third-order valence-corrected chi connectivity index (χ3v) is 5.43. The zero-order chi connectivity index (χ0) is 19.2. The van der Waals surface area contributed by atoms with Crippen molar-refractivity contribution >= 4 is 32.6 Å². The molecule has 4 rings (SSSR count). The van der Waals surface area contributed by atoms with E-state index in [0.29, 0.717) is 23.4 Å². The molecule has 0 atom stereocenters. The molecule has 0 aliphatic heterocycles. The van der Waals surface area contributed by atoms with E-state index in [2.05, 4.69) is 36.2 Å². The monoisotopic (exact) mass is 384 g/mol. The third kappa shape index (κ3) is 3.69. The lowest BCUT2D eigenvalue weighted by Crippen LogP contribution is -2.25. The number of carbonyl (C=O) groups is 1. The van der Waals surface area contributed by atoms with Gasteiger partial charge in [0.15, 0.2) is 10.8 Å². The Balaban J connectivity index is 1.58. The summed E-state index contributed by atoms with van der Waals surface area (Å²) in [5.74, 6) is 1.12. The summed E-state index contributed by atoms with van der Waals surface area (Å²) in [6.07, 6.45) is 2.34. The van der Waals surface area contributed by atoms with Gasteiger partial charge in [0, 0.05) is 11.6 Å². The highest BCUT2D eigenvalue weighted by Crippen LogP contribution is 2.41. The highest BCUT2D eigenvalue weighted by Gasteiger charge is 2.32. The van der Waals surface area contributed by atoms with Crippen molar-refractivity contribution in [3.63, 3.8) is 0 Å². The zero-order valence-electron chi connectivity index (χ0n) is 16.1. The molecule has 7 heteroatoms. The minimum atomic E-state index is -0.219. The zero-order valence-corrected chi connectivity index (χ0v) is 16.9. The molecule has 6 nitrogen and oxygen atoms in total. The average molecular weight is 385 g/mol. The van der Waals surface area contributed by atoms with Crippen LogP contribution < -0.4 is 10.1 Å². The van der Waals surface area contributed by atoms with Crippen LogP contribution in [0.15, 0.2) is 24.3 Å². The van der Waals surface area contributed by atoms with Gasteiger partial charge in [-0.3, -0.25) is 14.8 Å². The fourth-order valence-corrected chi connectivity index (χ4v) is 3.98. The van der Waals surface area contributed by atoms with Crippen molar-refractivity contribution in [3.8, 4) is 5.75 Å². The third-order valence-electron chi connectivity index (χ3n) is 4.49. The number of carbonyl (C=O) groups excluding carboxylic acids is 1. The molecule has 3 aromatic rings. The van der Waals surface area contributed by atoms with Crippen LogP contribution in [-0.4, -0.2) is 27.3 Å². The molecule has 142 valence electrons. The Labute approximate surface area is 162 Å². The number of hydrogen-bond acceptors (Lipinski definition) is 5. The molecule has 0 saturated heterocycles. The van der Waals surface area contributed by atoms with E-state index in [4.69, 9.17) is 4.74 Å². The number of aromatic nitrogens is 3. The van der Waals surface area contributed by atoms with Gasteiger partial charge in [0.1, 0.15) is 5.75 Å². The summed E-state index contributed by atoms with van der Waals surface area (Å²) in [6, 6.07) is 7.68. The van der Waals surface area contributed by atoms with Crippen LogP contribution in [0.5, 0.6) is 5.75 Å². The SMILES string of the molecule is CCOc1ccc2nc(NC(=O)c3cc(C4CC4)n(C(C)(C)C)n3)sc2c1. The smallest absolute Gasteiger partial charge is 0.277 e. The lowest BCUT2D eigenvalue weighted by Gasteiger charge is -2.22. The Hall–Kier alpha value is -2.41. The minimum absolute atomic E-state index is 0.151. The number of hydrogen-bond donors (Lipinski definition) is 1. The molecule has 2 heterocycles. The molecular weight excluding hydrogens is 360 g/mol. The summed E-state index contributed by atoms with van der Waals surface area (Å²) in [7, 11) is 0. The molecule has 0 bridgehead atoms. The second-order valence-electron chi connectivity index (χ2n) is 7.85. The Morgan fingerprint density at radius 2 is 2.11 bits per heavy atom. The molecule has 1 amide bonds. The van der Waals surface area contributed by atoms with Gasteiger partial charge in [-0.25, -0.2) is 4.98 Å². The summed E-state index contributed by atoms with van der Waals surface area (Å²) < 4.78 is 8.50. The number of thiazole rings is 1. The summed E-state index contributed by atoms with van der Waals surface area (Å²) in [6.45, 7) is 8.90. The Morgan fingerprint density at radius 1 is 1.33 bits per heavy atom. The van der Waals surface area contributed by atoms with Crippen molar-refractivity contribution in [2.24, 2.45) is 0 Å². The van der Waals surface area contributed by atoms with Gasteiger partial charge >= 0.3 is 0 Å². The van der Waals surface area contributed by atoms with Crippen LogP contribution in [0.2, 0.25) is 0 Å². The lowest BCUT2D eigenvalue weighted by atomic mass is 10.1. The first-order chi connectivity index (χ1) is 12.8. The summed E-state index contributed by atoms with van der Waals surface area (Å²) >= 11 is 1.44. The van der Waals surface area contributed by atoms with Crippen LogP contribution in [0.25, 0.3) is 10.2 Å². The molecule has 0 unspecified atom stereocenters. The van der Waals surface area contributed by atoms with Gasteiger partial charge in [-0.15, -0.1) is 0 Å². The van der Waals surface area contributed by atoms with Crippen LogP contribution in [0.1, 0.15) is 62.6 Å². The maximum atomic E-state index is 12.8. The lowest BCUT2D eigenvalue weighted by molar-refractivity contribution is 0.102. The first-order valence-electron chi connectivity index (χ1n) is 9.30. The van der Waals surface area contributed by atoms with E-state index < -0.39 is 0 Å². The molecular formula is C20H24N4O2S. The van der Waals surface area contributed by atoms with Gasteiger partial charge < -0.3 is 4.74 Å². The maximum absolute atomic E-state index is 12.8. The maximum Gasteiger partial charge on any atom is 0.277 e. The number of benzene rings is 1.